The third-order valence-electron chi connectivity index (χ3n) is 23.8. The van der Waals surface area contributed by atoms with Crippen LogP contribution in [0.4, 0.5) is 44.6 Å². The second kappa shape index (κ2) is 34.0. The molecule has 9 aromatic rings. The number of anilines is 3. The van der Waals surface area contributed by atoms with E-state index < -0.39 is 89.7 Å². The molecule has 606 valence electrons. The van der Waals surface area contributed by atoms with E-state index in [4.69, 9.17) is 43.4 Å². The highest BCUT2D eigenvalue weighted by molar-refractivity contribution is 5.98. The minimum absolute atomic E-state index is 0.0641. The summed E-state index contributed by atoms with van der Waals surface area (Å²) in [5.41, 5.74) is 9.46. The van der Waals surface area contributed by atoms with Gasteiger partial charge in [-0.25, -0.2) is 42.5 Å². The Morgan fingerprint density at radius 2 is 0.649 bits per heavy atom. The number of amides is 3. The molecule has 6 aromatic carbocycles. The number of imidazole rings is 3. The molecule has 3 unspecified atom stereocenters. The van der Waals surface area contributed by atoms with Crippen LogP contribution >= 0.6 is 0 Å². The van der Waals surface area contributed by atoms with Gasteiger partial charge in [-0.2, -0.15) is 0 Å². The van der Waals surface area contributed by atoms with E-state index in [-0.39, 0.29) is 70.4 Å². The molecule has 27 nitrogen and oxygen atoms in total. The van der Waals surface area contributed by atoms with Crippen LogP contribution in [0.3, 0.4) is 0 Å². The number of carbonyl (C=O) groups excluding carboxylic acids is 3. The summed E-state index contributed by atoms with van der Waals surface area (Å²) in [6.45, 7) is 5.88. The van der Waals surface area contributed by atoms with Crippen molar-refractivity contribution in [3.63, 3.8) is 0 Å². The number of aliphatic hydroxyl groups excluding tert-OH is 3. The van der Waals surface area contributed by atoms with Gasteiger partial charge in [-0.05, 0) is 208 Å². The standard InChI is InChI=1S/3C28H32FN3O6/c3*1-15-7-9-19-21(31(15)28(36)38-3)10-11-22-24(19)30-26(25(33)20-14-17(29)8-12-23(20)37-2)32(22)18-6-4-5-16(13-18)27(34)35/h3*8,10-12,14-16,18,25,33H,4-7,9,13H2,1-3H3,(H,34,35)/t15-,16+,18?,25-;15-,16-,18?,25+;15-,16-,18?,25-/m011/s1. The number of fused-ring (bicyclic) bond motifs is 9. The molecule has 12 atom stereocenters. The molecule has 114 heavy (non-hydrogen) atoms. The molecule has 6 aliphatic rings. The van der Waals surface area contributed by atoms with E-state index in [1.165, 1.54) is 97.3 Å². The normalized spacial score (nSPS) is 22.1. The van der Waals surface area contributed by atoms with Gasteiger partial charge in [0.05, 0.1) is 111 Å². The predicted molar refractivity (Wildman–Crippen MR) is 414 cm³/mol. The quantitative estimate of drug-likeness (QED) is 0.0519. The van der Waals surface area contributed by atoms with Crippen molar-refractivity contribution in [1.29, 1.82) is 0 Å². The lowest BCUT2D eigenvalue weighted by Gasteiger charge is -2.34. The number of ether oxygens (including phenoxy) is 6. The summed E-state index contributed by atoms with van der Waals surface area (Å²) in [4.78, 5) is 93.0. The number of rotatable bonds is 15. The molecule has 6 N–H and O–H groups in total. The zero-order valence-electron chi connectivity index (χ0n) is 65.1. The smallest absolute Gasteiger partial charge is 0.414 e. The molecule has 3 saturated carbocycles. The van der Waals surface area contributed by atoms with E-state index in [1.54, 1.807) is 14.7 Å². The van der Waals surface area contributed by atoms with Crippen LogP contribution in [0.2, 0.25) is 0 Å². The Labute approximate surface area is 655 Å². The summed E-state index contributed by atoms with van der Waals surface area (Å²) in [5.74, 6) is -3.79. The van der Waals surface area contributed by atoms with Crippen molar-refractivity contribution >= 4 is 86.3 Å². The number of aromatic nitrogens is 6. The molecule has 3 fully saturated rings. The number of carboxylic acids is 3. The molecule has 0 bridgehead atoms. The average Bonchev–Trinajstić information content (AvgIpc) is 1.58. The zero-order chi connectivity index (χ0) is 81.4. The maximum atomic E-state index is 14.3. The fraction of sp³-hybridized carbons (Fsp3) is 0.464. The van der Waals surface area contributed by atoms with Gasteiger partial charge in [-0.1, -0.05) is 19.3 Å². The Hall–Kier alpha value is -11.0. The molecule has 30 heteroatoms. The Balaban J connectivity index is 0.000000149. The first-order valence-corrected chi connectivity index (χ1v) is 38.7. The van der Waals surface area contributed by atoms with Crippen LogP contribution in [0.5, 0.6) is 17.2 Å². The topological polar surface area (TPSA) is 342 Å². The number of aryl methyl sites for hydroxylation is 3. The minimum atomic E-state index is -1.33. The molecule has 3 aliphatic carbocycles. The van der Waals surface area contributed by atoms with Crippen LogP contribution in [0.1, 0.15) is 204 Å². The van der Waals surface area contributed by atoms with Crippen molar-refractivity contribution in [3.05, 3.63) is 159 Å². The highest BCUT2D eigenvalue weighted by atomic mass is 19.1. The van der Waals surface area contributed by atoms with Crippen molar-refractivity contribution in [2.75, 3.05) is 57.4 Å². The van der Waals surface area contributed by atoms with Gasteiger partial charge in [0.25, 0.3) is 0 Å². The van der Waals surface area contributed by atoms with Gasteiger partial charge in [0.15, 0.2) is 0 Å². The van der Waals surface area contributed by atoms with Gasteiger partial charge in [0.2, 0.25) is 0 Å². The fourth-order valence-electron chi connectivity index (χ4n) is 18.2. The van der Waals surface area contributed by atoms with Gasteiger partial charge in [0.1, 0.15) is 70.5 Å². The molecular weight excluding hydrogens is 1480 g/mol. The minimum Gasteiger partial charge on any atom is -0.496 e. The van der Waals surface area contributed by atoms with E-state index in [9.17, 15) is 72.6 Å². The maximum Gasteiger partial charge on any atom is 0.414 e. The molecular formula is C84H96F3N9O18. The molecule has 3 aromatic heterocycles. The lowest BCUT2D eigenvalue weighted by molar-refractivity contribution is -0.144. The van der Waals surface area contributed by atoms with Gasteiger partial charge in [-0.3, -0.25) is 29.1 Å². The monoisotopic (exact) mass is 1580 g/mol. The van der Waals surface area contributed by atoms with Crippen molar-refractivity contribution < 1.29 is 101 Å². The Morgan fingerprint density at radius 3 is 0.886 bits per heavy atom. The van der Waals surface area contributed by atoms with Gasteiger partial charge >= 0.3 is 36.2 Å². The SMILES string of the molecule is COC(=O)N1c2ccc3c(nc([C@@H](O)c4cc(F)ccc4OC)n3C3CCC[C@@H](C(=O)O)C3)c2CC[C@@H]1C.COC(=O)N1c2ccc3c(nc([C@@H](O)c4cc(F)ccc4OC)n3C3CCC[C@@H](C(=O)O)C3)c2CC[C@H]1C.COC(=O)N1c2ccc3c(nc([C@H](O)c4cc(F)ccc4OC)n3C3CCC[C@@H](C(=O)O)C3)c2CC[C@H]1C. The van der Waals surface area contributed by atoms with Crippen molar-refractivity contribution in [2.45, 2.75) is 191 Å². The highest BCUT2D eigenvalue weighted by Crippen LogP contribution is 2.48. The van der Waals surface area contributed by atoms with Gasteiger partial charge in [0, 0.05) is 69.6 Å². The molecule has 0 saturated heterocycles. The number of carboxylic acid groups (broad SMARTS) is 3. The molecule has 3 aliphatic heterocycles. The third-order valence-corrected chi connectivity index (χ3v) is 23.8. The summed E-state index contributed by atoms with van der Waals surface area (Å²) >= 11 is 0. The van der Waals surface area contributed by atoms with Gasteiger partial charge < -0.3 is 72.8 Å². The van der Waals surface area contributed by atoms with E-state index in [0.29, 0.717) is 128 Å². The Kier molecular flexibility index (Phi) is 24.2. The number of methoxy groups -OCH3 is 6. The van der Waals surface area contributed by atoms with E-state index >= 15 is 0 Å². The second-order valence-corrected chi connectivity index (χ2v) is 30.4. The van der Waals surface area contributed by atoms with E-state index in [2.05, 4.69) is 0 Å². The summed E-state index contributed by atoms with van der Waals surface area (Å²) < 4.78 is 79.9. The van der Waals surface area contributed by atoms with Crippen molar-refractivity contribution in [3.8, 4) is 17.2 Å². The van der Waals surface area contributed by atoms with Crippen LogP contribution < -0.4 is 28.9 Å². The van der Waals surface area contributed by atoms with Crippen LogP contribution in [0.15, 0.2) is 91.0 Å². The first-order valence-electron chi connectivity index (χ1n) is 38.7. The second-order valence-electron chi connectivity index (χ2n) is 30.4. The summed E-state index contributed by atoms with van der Waals surface area (Å²) in [6.07, 6.45) is 6.03. The molecule has 6 heterocycles. The van der Waals surface area contributed by atoms with Crippen LogP contribution in [-0.2, 0) is 47.9 Å². The van der Waals surface area contributed by atoms with Crippen LogP contribution in [0.25, 0.3) is 33.1 Å². The summed E-state index contributed by atoms with van der Waals surface area (Å²) in [7, 11) is 8.38. The van der Waals surface area contributed by atoms with Crippen molar-refractivity contribution in [1.82, 2.24) is 28.7 Å². The maximum absolute atomic E-state index is 14.3. The zero-order valence-corrected chi connectivity index (χ0v) is 65.1. The third kappa shape index (κ3) is 15.4. The number of nitrogens with zero attached hydrogens (tertiary/aromatic N) is 9. The first-order chi connectivity index (χ1) is 54.7. The largest absolute Gasteiger partial charge is 0.496 e. The van der Waals surface area contributed by atoms with Crippen LogP contribution in [-0.4, -0.2) is 156 Å². The predicted octanol–water partition coefficient (Wildman–Crippen LogP) is 15.0. The van der Waals surface area contributed by atoms with Crippen molar-refractivity contribution in [2.24, 2.45) is 17.8 Å². The van der Waals surface area contributed by atoms with E-state index in [0.717, 1.165) is 71.8 Å². The number of carbonyl (C=O) groups is 6. The average molecular weight is 1580 g/mol. The fourth-order valence-corrected chi connectivity index (χ4v) is 18.2. The summed E-state index contributed by atoms with van der Waals surface area (Å²) in [5, 5.41) is 64.0. The molecule has 15 rings (SSSR count). The number of aliphatic carboxylic acids is 3. The lowest BCUT2D eigenvalue weighted by atomic mass is 9.85. The Morgan fingerprint density at radius 1 is 0.386 bits per heavy atom. The number of hydrogen-bond acceptors (Lipinski definition) is 18. The Bertz CT molecular complexity index is 4660. The summed E-state index contributed by atoms with van der Waals surface area (Å²) in [6, 6.07) is 22.1. The molecule has 3 amide bonds. The highest BCUT2D eigenvalue weighted by Gasteiger charge is 2.42. The van der Waals surface area contributed by atoms with E-state index in [1.807, 2.05) is 70.9 Å². The number of halogens is 3. The van der Waals surface area contributed by atoms with Crippen LogP contribution in [0, 0.1) is 35.2 Å². The number of benzene rings is 6. The molecule has 0 radical (unpaired) electrons. The number of aliphatic hydroxyl groups is 3. The van der Waals surface area contributed by atoms with Gasteiger partial charge in [-0.15, -0.1) is 0 Å². The lowest BCUT2D eigenvalue weighted by Crippen LogP contribution is -2.42. The molecule has 0 spiro atoms. The first kappa shape index (κ1) is 81.0. The number of hydrogen-bond donors (Lipinski definition) is 6.